The SMILES string of the molecule is COc1cnc(OC2CC3C(=O)NC4(C(=O)NS(=O)(=O)C5CC5)CC4C=CC(C)CCCC(C)C(NC(=O)OC(C)(C)C(F)(F)F)C(=O)N3C2)c2cc(F)ccc12. The first-order valence-corrected chi connectivity index (χ1v) is 20.4. The van der Waals surface area contributed by atoms with Crippen LogP contribution in [0, 0.1) is 23.6 Å². The second kappa shape index (κ2) is 15.6. The Labute approximate surface area is 327 Å². The van der Waals surface area contributed by atoms with Gasteiger partial charge in [-0.25, -0.2) is 22.6 Å². The number of aromatic nitrogens is 1. The van der Waals surface area contributed by atoms with E-state index in [1.54, 1.807) is 13.0 Å². The molecule has 312 valence electrons. The van der Waals surface area contributed by atoms with Crippen LogP contribution in [0.25, 0.3) is 10.8 Å². The first-order chi connectivity index (χ1) is 26.7. The number of ether oxygens (including phenoxy) is 3. The standard InChI is InChI=1S/C38H47F4N5O9S/c1-20-7-6-8-21(2)30(44-35(51)56-36(3,4)38(40,41)42)33(49)47-19-24(55-32-27-15-23(39)11-14-26(27)29(54-5)18-43-32)16-28(47)31(48)45-37(17-22(37)10-9-20)34(50)46-57(52,53)25-12-13-25/h9-11,14-15,18,20-22,24-25,28,30H,6-8,12-13,16-17,19H2,1-5H3,(H,44,51)(H,45,48)(H,46,50). The van der Waals surface area contributed by atoms with Crippen molar-refractivity contribution >= 4 is 44.6 Å². The number of alkyl halides is 3. The van der Waals surface area contributed by atoms with Crippen LogP contribution in [0.5, 0.6) is 11.6 Å². The predicted octanol–water partition coefficient (Wildman–Crippen LogP) is 4.66. The lowest BCUT2D eigenvalue weighted by molar-refractivity contribution is -0.244. The quantitative estimate of drug-likeness (QED) is 0.250. The number of hydrogen-bond acceptors (Lipinski definition) is 10. The van der Waals surface area contributed by atoms with Crippen molar-refractivity contribution in [2.75, 3.05) is 13.7 Å². The minimum atomic E-state index is -4.93. The first-order valence-electron chi connectivity index (χ1n) is 18.9. The number of carbonyl (C=O) groups excluding carboxylic acids is 4. The van der Waals surface area contributed by atoms with Gasteiger partial charge < -0.3 is 29.7 Å². The number of allylic oxidation sites excluding steroid dienone is 1. The number of rotatable bonds is 8. The van der Waals surface area contributed by atoms with E-state index in [1.165, 1.54) is 31.5 Å². The minimum absolute atomic E-state index is 0.0467. The molecule has 2 saturated carbocycles. The zero-order chi connectivity index (χ0) is 41.7. The average molecular weight is 826 g/mol. The summed E-state index contributed by atoms with van der Waals surface area (Å²) in [7, 11) is -2.60. The van der Waals surface area contributed by atoms with Gasteiger partial charge in [0.2, 0.25) is 33.3 Å². The molecule has 1 aromatic heterocycles. The van der Waals surface area contributed by atoms with Gasteiger partial charge in [-0.15, -0.1) is 0 Å². The van der Waals surface area contributed by atoms with Crippen molar-refractivity contribution in [1.29, 1.82) is 0 Å². The molecule has 4 aliphatic rings. The third-order valence-electron chi connectivity index (χ3n) is 11.2. The molecule has 0 spiro atoms. The summed E-state index contributed by atoms with van der Waals surface area (Å²) in [6.07, 6.45) is -0.330. The number of sulfonamides is 1. The average Bonchev–Trinajstić information content (AvgIpc) is 4.05. The lowest BCUT2D eigenvalue weighted by atomic mass is 9.92. The van der Waals surface area contributed by atoms with Gasteiger partial charge in [-0.1, -0.05) is 32.4 Å². The number of halogens is 4. The summed E-state index contributed by atoms with van der Waals surface area (Å²) < 4.78 is 99.8. The van der Waals surface area contributed by atoms with Gasteiger partial charge in [0.25, 0.3) is 5.91 Å². The van der Waals surface area contributed by atoms with E-state index in [2.05, 4.69) is 20.3 Å². The molecule has 6 rings (SSSR count). The number of fused-ring (bicyclic) bond motifs is 3. The van der Waals surface area contributed by atoms with Gasteiger partial charge in [0.15, 0.2) is 0 Å². The molecule has 7 atom stereocenters. The van der Waals surface area contributed by atoms with Gasteiger partial charge >= 0.3 is 12.3 Å². The van der Waals surface area contributed by atoms with E-state index in [0.29, 0.717) is 57.1 Å². The number of nitrogens with one attached hydrogen (secondary N) is 3. The van der Waals surface area contributed by atoms with Gasteiger partial charge in [0.1, 0.15) is 35.3 Å². The van der Waals surface area contributed by atoms with Crippen molar-refractivity contribution < 1.29 is 59.4 Å². The summed E-state index contributed by atoms with van der Waals surface area (Å²) in [6.45, 7) is 4.60. The number of nitrogens with zero attached hydrogens (tertiary/aromatic N) is 2. The van der Waals surface area contributed by atoms with Crippen molar-refractivity contribution in [2.45, 2.75) is 113 Å². The second-order valence-corrected chi connectivity index (χ2v) is 18.0. The Morgan fingerprint density at radius 2 is 1.77 bits per heavy atom. The van der Waals surface area contributed by atoms with Crippen molar-refractivity contribution in [3.63, 3.8) is 0 Å². The maximum atomic E-state index is 14.6. The molecule has 4 amide bonds. The summed E-state index contributed by atoms with van der Waals surface area (Å²) in [6, 6.07) is 1.01. The number of pyridine rings is 1. The van der Waals surface area contributed by atoms with Crippen LogP contribution in [0.1, 0.15) is 72.6 Å². The van der Waals surface area contributed by atoms with Crippen molar-refractivity contribution in [3.05, 3.63) is 42.4 Å². The Morgan fingerprint density at radius 3 is 2.44 bits per heavy atom. The zero-order valence-corrected chi connectivity index (χ0v) is 33.0. The molecule has 3 fully saturated rings. The molecule has 2 aliphatic carbocycles. The van der Waals surface area contributed by atoms with Crippen LogP contribution in [-0.4, -0.2) is 96.5 Å². The Kier molecular flexibility index (Phi) is 11.5. The smallest absolute Gasteiger partial charge is 0.427 e. The van der Waals surface area contributed by atoms with Gasteiger partial charge in [0.05, 0.1) is 30.5 Å². The Bertz CT molecular complexity index is 2060. The topological polar surface area (TPSA) is 182 Å². The molecule has 0 radical (unpaired) electrons. The van der Waals surface area contributed by atoms with Crippen LogP contribution in [0.15, 0.2) is 36.5 Å². The fourth-order valence-corrected chi connectivity index (χ4v) is 8.71. The second-order valence-electron chi connectivity index (χ2n) is 16.0. The highest BCUT2D eigenvalue weighted by Gasteiger charge is 2.62. The summed E-state index contributed by atoms with van der Waals surface area (Å²) in [4.78, 5) is 61.3. The highest BCUT2D eigenvalue weighted by atomic mass is 32.2. The van der Waals surface area contributed by atoms with Gasteiger partial charge in [-0.2, -0.15) is 13.2 Å². The summed E-state index contributed by atoms with van der Waals surface area (Å²) in [5, 5.41) is 5.04. The van der Waals surface area contributed by atoms with Gasteiger partial charge in [-0.05, 0) is 76.0 Å². The van der Waals surface area contributed by atoms with E-state index >= 15 is 0 Å². The van der Waals surface area contributed by atoms with E-state index in [1.807, 2.05) is 13.0 Å². The molecule has 0 bridgehead atoms. The lowest BCUT2D eigenvalue weighted by Crippen LogP contribution is -2.59. The van der Waals surface area contributed by atoms with Crippen molar-refractivity contribution in [2.24, 2.45) is 17.8 Å². The Hall–Kier alpha value is -4.68. The predicted molar refractivity (Wildman–Crippen MR) is 197 cm³/mol. The van der Waals surface area contributed by atoms with Crippen LogP contribution >= 0.6 is 0 Å². The third kappa shape index (κ3) is 8.92. The number of carbonyl (C=O) groups is 4. The number of methoxy groups -OCH3 is 1. The highest BCUT2D eigenvalue weighted by Crippen LogP contribution is 2.46. The summed E-state index contributed by atoms with van der Waals surface area (Å²) >= 11 is 0. The van der Waals surface area contributed by atoms with E-state index in [-0.39, 0.29) is 36.6 Å². The largest absolute Gasteiger partial charge is 0.494 e. The molecule has 1 aromatic carbocycles. The number of benzene rings is 1. The molecule has 19 heteroatoms. The highest BCUT2D eigenvalue weighted by molar-refractivity contribution is 7.91. The molecule has 7 unspecified atom stereocenters. The van der Waals surface area contributed by atoms with Crippen molar-refractivity contribution in [3.8, 4) is 11.6 Å². The Morgan fingerprint density at radius 1 is 1.05 bits per heavy atom. The minimum Gasteiger partial charge on any atom is -0.494 e. The molecule has 14 nitrogen and oxygen atoms in total. The maximum Gasteiger partial charge on any atom is 0.427 e. The van der Waals surface area contributed by atoms with Crippen LogP contribution in [-0.2, 0) is 29.1 Å². The van der Waals surface area contributed by atoms with Gasteiger partial charge in [0, 0.05) is 17.7 Å². The molecular formula is C38H47F4N5O9S. The van der Waals surface area contributed by atoms with Crippen LogP contribution in [0.3, 0.4) is 0 Å². The molecule has 3 N–H and O–H groups in total. The number of hydrogen-bond donors (Lipinski definition) is 3. The van der Waals surface area contributed by atoms with Gasteiger partial charge in [-0.3, -0.25) is 19.1 Å². The summed E-state index contributed by atoms with van der Waals surface area (Å²) in [5.74, 6) is -4.21. The molecular weight excluding hydrogens is 779 g/mol. The molecule has 2 aliphatic heterocycles. The van der Waals surface area contributed by atoms with E-state index < -0.39 is 92.2 Å². The molecule has 57 heavy (non-hydrogen) atoms. The van der Waals surface area contributed by atoms with Crippen LogP contribution in [0.2, 0.25) is 0 Å². The maximum absolute atomic E-state index is 14.6. The fraction of sp³-hybridized carbons (Fsp3) is 0.605. The molecule has 1 saturated heterocycles. The Balaban J connectivity index is 1.36. The fourth-order valence-electron chi connectivity index (χ4n) is 7.34. The van der Waals surface area contributed by atoms with E-state index in [4.69, 9.17) is 14.2 Å². The van der Waals surface area contributed by atoms with E-state index in [0.717, 1.165) is 4.90 Å². The normalized spacial score (nSPS) is 28.6. The number of amides is 4. The first kappa shape index (κ1) is 41.9. The molecule has 3 heterocycles. The summed E-state index contributed by atoms with van der Waals surface area (Å²) in [5.41, 5.74) is -4.58. The lowest BCUT2D eigenvalue weighted by Gasteiger charge is -2.33. The van der Waals surface area contributed by atoms with Crippen LogP contribution in [0.4, 0.5) is 22.4 Å². The molecule has 2 aromatic rings. The zero-order valence-electron chi connectivity index (χ0n) is 32.2. The third-order valence-corrected chi connectivity index (χ3v) is 13.0. The monoisotopic (exact) mass is 825 g/mol. The van der Waals surface area contributed by atoms with E-state index in [9.17, 15) is 45.2 Å². The van der Waals surface area contributed by atoms with Crippen LogP contribution < -0.4 is 24.8 Å². The van der Waals surface area contributed by atoms with Crippen molar-refractivity contribution in [1.82, 2.24) is 25.2 Å². The number of alkyl carbamates (subject to hydrolysis) is 1.